The number of hydrogen-bond donors (Lipinski definition) is 4. The lowest BCUT2D eigenvalue weighted by Crippen LogP contribution is -2.32. The van der Waals surface area contributed by atoms with Crippen molar-refractivity contribution in [3.8, 4) is 23.5 Å². The minimum atomic E-state index is -4.47. The lowest BCUT2D eigenvalue weighted by molar-refractivity contribution is -0.137. The Morgan fingerprint density at radius 1 is 1.06 bits per heavy atom. The molecule has 6 N–H and O–H groups in total. The van der Waals surface area contributed by atoms with Gasteiger partial charge in [-0.05, 0) is 17.7 Å². The van der Waals surface area contributed by atoms with Gasteiger partial charge in [-0.3, -0.25) is 10.3 Å². The van der Waals surface area contributed by atoms with Crippen LogP contribution < -0.4 is 22.1 Å². The normalized spacial score (nSPS) is 14.8. The fourth-order valence-corrected chi connectivity index (χ4v) is 3.39. The van der Waals surface area contributed by atoms with Gasteiger partial charge >= 0.3 is 6.18 Å². The van der Waals surface area contributed by atoms with Crippen molar-refractivity contribution >= 4 is 23.3 Å². The van der Waals surface area contributed by atoms with Gasteiger partial charge < -0.3 is 16.8 Å². The second-order valence-electron chi connectivity index (χ2n) is 6.95. The molecule has 0 amide bonds. The third kappa shape index (κ3) is 3.93. The lowest BCUT2D eigenvalue weighted by Gasteiger charge is -2.26. The molecule has 1 unspecified atom stereocenters. The Bertz CT molecular complexity index is 1330. The molecule has 0 saturated carbocycles. The molecule has 1 aliphatic heterocycles. The van der Waals surface area contributed by atoms with Crippen molar-refractivity contribution in [1.29, 1.82) is 10.5 Å². The highest BCUT2D eigenvalue weighted by atomic mass is 19.4. The molecule has 12 heteroatoms. The zero-order chi connectivity index (χ0) is 23.8. The average Bonchev–Trinajstić information content (AvgIpc) is 2.78. The van der Waals surface area contributed by atoms with Gasteiger partial charge in [0, 0.05) is 17.3 Å². The SMILES string of the molecule is N#CNC1=NC(c2ccc(-c3ccc(C(F)(F)F)cn3)cc2)c2c(nc(N)c(C#N)c2N)N1. The van der Waals surface area contributed by atoms with Crippen molar-refractivity contribution in [2.75, 3.05) is 16.8 Å². The predicted molar refractivity (Wildman–Crippen MR) is 114 cm³/mol. The fourth-order valence-electron chi connectivity index (χ4n) is 3.39. The van der Waals surface area contributed by atoms with Gasteiger partial charge in [0.25, 0.3) is 0 Å². The largest absolute Gasteiger partial charge is 0.417 e. The molecule has 3 heterocycles. The van der Waals surface area contributed by atoms with Crippen LogP contribution in [0.2, 0.25) is 0 Å². The van der Waals surface area contributed by atoms with Crippen LogP contribution in [0.1, 0.15) is 28.3 Å². The molecule has 9 nitrogen and oxygen atoms in total. The second-order valence-corrected chi connectivity index (χ2v) is 6.95. The van der Waals surface area contributed by atoms with E-state index < -0.39 is 17.8 Å². The number of rotatable bonds is 2. The van der Waals surface area contributed by atoms with Crippen molar-refractivity contribution in [3.63, 3.8) is 0 Å². The first-order valence-electron chi connectivity index (χ1n) is 9.35. The Hall–Kier alpha value is -4.84. The summed E-state index contributed by atoms with van der Waals surface area (Å²) in [5.74, 6) is 0.289. The number of pyridine rings is 2. The van der Waals surface area contributed by atoms with E-state index in [9.17, 15) is 18.4 Å². The van der Waals surface area contributed by atoms with Crippen LogP contribution >= 0.6 is 0 Å². The molecule has 1 atom stereocenters. The summed E-state index contributed by atoms with van der Waals surface area (Å²) in [6, 6.07) is 10.2. The number of hydrogen-bond acceptors (Lipinski definition) is 9. The van der Waals surface area contributed by atoms with Crippen LogP contribution in [0.15, 0.2) is 47.6 Å². The average molecular weight is 449 g/mol. The summed E-state index contributed by atoms with van der Waals surface area (Å²) < 4.78 is 38.3. The zero-order valence-electron chi connectivity index (χ0n) is 16.6. The minimum absolute atomic E-state index is 0.0121. The van der Waals surface area contributed by atoms with Gasteiger partial charge in [-0.15, -0.1) is 0 Å². The minimum Gasteiger partial charge on any atom is -0.397 e. The highest BCUT2D eigenvalue weighted by Gasteiger charge is 2.31. The third-order valence-corrected chi connectivity index (χ3v) is 4.97. The Balaban J connectivity index is 1.75. The van der Waals surface area contributed by atoms with Gasteiger partial charge in [-0.2, -0.15) is 23.7 Å². The second kappa shape index (κ2) is 8.01. The molecule has 0 bridgehead atoms. The predicted octanol–water partition coefficient (Wildman–Crippen LogP) is 3.14. The zero-order valence-corrected chi connectivity index (χ0v) is 16.6. The number of nitrogens with one attached hydrogen (secondary N) is 2. The first-order valence-corrected chi connectivity index (χ1v) is 9.35. The topological polar surface area (TPSA) is 162 Å². The molecule has 0 fully saturated rings. The van der Waals surface area contributed by atoms with E-state index in [1.54, 1.807) is 30.5 Å². The summed E-state index contributed by atoms with van der Waals surface area (Å²) in [7, 11) is 0. The molecule has 0 saturated heterocycles. The first-order chi connectivity index (χ1) is 15.7. The first kappa shape index (κ1) is 21.4. The summed E-state index contributed by atoms with van der Waals surface area (Å²) in [5.41, 5.74) is 13.3. The summed E-state index contributed by atoms with van der Waals surface area (Å²) in [6.45, 7) is 0. The number of fused-ring (bicyclic) bond motifs is 1. The number of aromatic nitrogens is 2. The van der Waals surface area contributed by atoms with Gasteiger partial charge in [-0.25, -0.2) is 9.98 Å². The Labute approximate surface area is 185 Å². The van der Waals surface area contributed by atoms with E-state index in [-0.39, 0.29) is 28.8 Å². The quantitative estimate of drug-likeness (QED) is 0.343. The molecule has 0 spiro atoms. The molecule has 164 valence electrons. The smallest absolute Gasteiger partial charge is 0.397 e. The summed E-state index contributed by atoms with van der Waals surface area (Å²) >= 11 is 0. The van der Waals surface area contributed by atoms with Gasteiger partial charge in [0.15, 0.2) is 6.19 Å². The number of nitrogen functional groups attached to an aromatic ring is 2. The summed E-state index contributed by atoms with van der Waals surface area (Å²) in [4.78, 5) is 12.5. The van der Waals surface area contributed by atoms with Gasteiger partial charge in [0.1, 0.15) is 29.3 Å². The van der Waals surface area contributed by atoms with Crippen molar-refractivity contribution in [3.05, 3.63) is 64.8 Å². The monoisotopic (exact) mass is 449 g/mol. The van der Waals surface area contributed by atoms with Crippen LogP contribution in [0.4, 0.5) is 30.5 Å². The van der Waals surface area contributed by atoms with Crippen molar-refractivity contribution in [2.45, 2.75) is 12.2 Å². The molecule has 3 aromatic rings. The van der Waals surface area contributed by atoms with E-state index in [0.717, 1.165) is 12.3 Å². The van der Waals surface area contributed by atoms with Crippen LogP contribution in [0.3, 0.4) is 0 Å². The number of halogens is 3. The number of guanidine groups is 1. The lowest BCUT2D eigenvalue weighted by atomic mass is 9.94. The Morgan fingerprint density at radius 2 is 1.79 bits per heavy atom. The molecular formula is C21H14F3N9. The van der Waals surface area contributed by atoms with Gasteiger partial charge in [0.2, 0.25) is 5.96 Å². The highest BCUT2D eigenvalue weighted by Crippen LogP contribution is 2.40. The molecule has 1 aromatic carbocycles. The van der Waals surface area contributed by atoms with E-state index in [1.807, 2.05) is 6.07 Å². The fraction of sp³-hybridized carbons (Fsp3) is 0.0952. The van der Waals surface area contributed by atoms with E-state index in [2.05, 4.69) is 25.6 Å². The van der Waals surface area contributed by atoms with Crippen molar-refractivity contribution in [2.24, 2.45) is 4.99 Å². The molecule has 0 radical (unpaired) electrons. The number of nitrogens with two attached hydrogens (primary N) is 2. The molecule has 0 aliphatic carbocycles. The van der Waals surface area contributed by atoms with E-state index >= 15 is 0 Å². The van der Waals surface area contributed by atoms with Crippen molar-refractivity contribution < 1.29 is 13.2 Å². The molecule has 4 rings (SSSR count). The van der Waals surface area contributed by atoms with Crippen LogP contribution in [0.25, 0.3) is 11.3 Å². The maximum Gasteiger partial charge on any atom is 0.417 e. The number of anilines is 3. The Morgan fingerprint density at radius 3 is 2.36 bits per heavy atom. The van der Waals surface area contributed by atoms with Crippen LogP contribution in [-0.4, -0.2) is 15.9 Å². The van der Waals surface area contributed by atoms with Crippen LogP contribution in [0.5, 0.6) is 0 Å². The van der Waals surface area contributed by atoms with E-state index in [1.165, 1.54) is 6.07 Å². The maximum atomic E-state index is 12.8. The number of benzene rings is 1. The van der Waals surface area contributed by atoms with Gasteiger partial charge in [0.05, 0.1) is 16.9 Å². The highest BCUT2D eigenvalue weighted by molar-refractivity contribution is 5.98. The van der Waals surface area contributed by atoms with Crippen molar-refractivity contribution in [1.82, 2.24) is 15.3 Å². The molecule has 1 aliphatic rings. The Kier molecular flexibility index (Phi) is 5.20. The molecule has 33 heavy (non-hydrogen) atoms. The van der Waals surface area contributed by atoms with E-state index in [0.29, 0.717) is 22.4 Å². The van der Waals surface area contributed by atoms with Crippen LogP contribution in [0, 0.1) is 22.8 Å². The number of alkyl halides is 3. The van der Waals surface area contributed by atoms with Gasteiger partial charge in [-0.1, -0.05) is 24.3 Å². The summed E-state index contributed by atoms with van der Waals surface area (Å²) in [6.07, 6.45) is -1.93. The van der Waals surface area contributed by atoms with Crippen LogP contribution in [-0.2, 0) is 6.18 Å². The third-order valence-electron chi connectivity index (χ3n) is 4.97. The number of nitrogens with zero attached hydrogens (tertiary/aromatic N) is 5. The maximum absolute atomic E-state index is 12.8. The summed E-state index contributed by atoms with van der Waals surface area (Å²) in [5, 5.41) is 23.6. The standard InChI is InChI=1S/C21H14F3N9/c22-21(23,24)12-5-6-14(29-8-12)10-1-3-11(4-2-10)17-15-16(27)13(7-25)18(28)32-19(15)33-20(31-17)30-9-26/h1-6,8,17H,(H6,27,28,30,31,32,33). The number of nitriles is 2. The van der Waals surface area contributed by atoms with E-state index in [4.69, 9.17) is 16.7 Å². The molecule has 2 aromatic heterocycles. The number of aliphatic imine (C=N–C) groups is 1. The molecular weight excluding hydrogens is 435 g/mol.